The van der Waals surface area contributed by atoms with E-state index in [0.29, 0.717) is 0 Å². The van der Waals surface area contributed by atoms with Crippen LogP contribution in [0.1, 0.15) is 25.0 Å². The minimum absolute atomic E-state index is 0.0695. The Labute approximate surface area is 203 Å². The first-order valence-electron chi connectivity index (χ1n) is 11.5. The Balaban J connectivity index is 1.32. The molecule has 0 radical (unpaired) electrons. The fourth-order valence-corrected chi connectivity index (χ4v) is 6.09. The largest absolute Gasteiger partial charge is 0.450 e. The van der Waals surface area contributed by atoms with Gasteiger partial charge in [0.1, 0.15) is 0 Å². The van der Waals surface area contributed by atoms with Gasteiger partial charge in [-0.2, -0.15) is 0 Å². The Bertz CT molecular complexity index is 1580. The smallest absolute Gasteiger partial charge is 0.170 e. The monoisotopic (exact) mass is 458 g/mol. The van der Waals surface area contributed by atoms with Crippen molar-refractivity contribution in [1.82, 2.24) is 0 Å². The van der Waals surface area contributed by atoms with Crippen LogP contribution in [0, 0.1) is 0 Å². The normalized spacial score (nSPS) is 14.3. The van der Waals surface area contributed by atoms with E-state index in [1.165, 1.54) is 38.3 Å². The van der Waals surface area contributed by atoms with Gasteiger partial charge in [0, 0.05) is 10.3 Å². The van der Waals surface area contributed by atoms with E-state index in [0.717, 1.165) is 28.6 Å². The van der Waals surface area contributed by atoms with E-state index in [4.69, 9.17) is 9.47 Å². The minimum atomic E-state index is -0.0695. The molecule has 0 saturated heterocycles. The van der Waals surface area contributed by atoms with Gasteiger partial charge in [0.15, 0.2) is 23.0 Å². The summed E-state index contributed by atoms with van der Waals surface area (Å²) in [5.41, 5.74) is 8.59. The van der Waals surface area contributed by atoms with Gasteiger partial charge in [-0.15, -0.1) is 11.3 Å². The van der Waals surface area contributed by atoms with Gasteiger partial charge in [-0.25, -0.2) is 0 Å². The zero-order chi connectivity index (χ0) is 22.9. The predicted octanol–water partition coefficient (Wildman–Crippen LogP) is 9.29. The first-order valence-corrected chi connectivity index (χ1v) is 12.4. The summed E-state index contributed by atoms with van der Waals surface area (Å²) < 4.78 is 12.8. The van der Waals surface area contributed by atoms with Crippen molar-refractivity contribution in [3.8, 4) is 55.7 Å². The Morgan fingerprint density at radius 2 is 1.26 bits per heavy atom. The van der Waals surface area contributed by atoms with Crippen LogP contribution in [0.4, 0.5) is 0 Å². The number of thiophene rings is 1. The summed E-state index contributed by atoms with van der Waals surface area (Å²) in [4.78, 5) is 1.26. The average Bonchev–Trinajstić information content (AvgIpc) is 3.47. The fraction of sp³-hybridized carbons (Fsp3) is 0.0968. The number of rotatable bonds is 2. The number of fused-ring (bicyclic) bond motifs is 5. The molecule has 0 saturated carbocycles. The highest BCUT2D eigenvalue weighted by molar-refractivity contribution is 7.13. The van der Waals surface area contributed by atoms with E-state index in [-0.39, 0.29) is 5.41 Å². The Morgan fingerprint density at radius 3 is 2.09 bits per heavy atom. The van der Waals surface area contributed by atoms with Crippen molar-refractivity contribution in [3.05, 3.63) is 108 Å². The highest BCUT2D eigenvalue weighted by Gasteiger charge is 2.37. The van der Waals surface area contributed by atoms with Crippen LogP contribution < -0.4 is 9.47 Å². The second-order valence-corrected chi connectivity index (χ2v) is 10.4. The van der Waals surface area contributed by atoms with Crippen LogP contribution in [-0.2, 0) is 5.41 Å². The average molecular weight is 459 g/mol. The van der Waals surface area contributed by atoms with E-state index >= 15 is 0 Å². The van der Waals surface area contributed by atoms with Crippen LogP contribution in [0.5, 0.6) is 23.0 Å². The molecule has 0 N–H and O–H groups in total. The van der Waals surface area contributed by atoms with Crippen molar-refractivity contribution < 1.29 is 9.47 Å². The van der Waals surface area contributed by atoms with Gasteiger partial charge in [0.25, 0.3) is 0 Å². The summed E-state index contributed by atoms with van der Waals surface area (Å²) in [6.45, 7) is 4.55. The van der Waals surface area contributed by atoms with Gasteiger partial charge in [-0.3, -0.25) is 0 Å². The van der Waals surface area contributed by atoms with Gasteiger partial charge in [-0.05, 0) is 74.7 Å². The molecule has 0 bridgehead atoms. The van der Waals surface area contributed by atoms with E-state index in [9.17, 15) is 0 Å². The fourth-order valence-electron chi connectivity index (χ4n) is 5.33. The maximum Gasteiger partial charge on any atom is 0.170 e. The molecular formula is C31H22O2S. The zero-order valence-corrected chi connectivity index (χ0v) is 19.8. The lowest BCUT2D eigenvalue weighted by Crippen LogP contribution is -2.15. The van der Waals surface area contributed by atoms with E-state index in [1.807, 2.05) is 6.07 Å². The van der Waals surface area contributed by atoms with Gasteiger partial charge in [0.05, 0.1) is 0 Å². The van der Waals surface area contributed by atoms with Gasteiger partial charge in [0.2, 0.25) is 0 Å². The molecule has 0 spiro atoms. The second-order valence-electron chi connectivity index (χ2n) is 9.40. The van der Waals surface area contributed by atoms with Crippen molar-refractivity contribution in [2.24, 2.45) is 0 Å². The molecule has 7 rings (SSSR count). The molecule has 1 aliphatic heterocycles. The van der Waals surface area contributed by atoms with Crippen molar-refractivity contribution in [1.29, 1.82) is 0 Å². The number of benzene rings is 4. The molecule has 1 aliphatic carbocycles. The third kappa shape index (κ3) is 2.80. The van der Waals surface area contributed by atoms with Crippen LogP contribution >= 0.6 is 11.3 Å². The topological polar surface area (TPSA) is 18.5 Å². The van der Waals surface area contributed by atoms with E-state index in [2.05, 4.69) is 104 Å². The molecule has 3 heteroatoms. The number of ether oxygens (including phenoxy) is 2. The lowest BCUT2D eigenvalue weighted by atomic mass is 9.82. The standard InChI is InChI=1S/C31H22O2S/c1-31(2)24-11-6-5-9-21(24)23-17-28-29(18-25(23)31)32-26-14-13-19(16-27(26)33-28)20-8-3-4-10-22(20)30-12-7-15-34-30/h3-18H,1-2H3. The molecule has 4 aromatic carbocycles. The van der Waals surface area contributed by atoms with Crippen molar-refractivity contribution in [3.63, 3.8) is 0 Å². The van der Waals surface area contributed by atoms with Crippen LogP contribution in [0.25, 0.3) is 32.7 Å². The SMILES string of the molecule is CC1(C)c2ccccc2-c2cc3c(cc21)Oc1ccc(-c2ccccc2-c2cccs2)cc1O3. The molecule has 164 valence electrons. The van der Waals surface area contributed by atoms with Crippen LogP contribution in [0.2, 0.25) is 0 Å². The third-order valence-corrected chi connectivity index (χ3v) is 7.96. The molecular weight excluding hydrogens is 436 g/mol. The highest BCUT2D eigenvalue weighted by atomic mass is 32.1. The maximum absolute atomic E-state index is 6.46. The van der Waals surface area contributed by atoms with Crippen LogP contribution in [0.3, 0.4) is 0 Å². The van der Waals surface area contributed by atoms with E-state index in [1.54, 1.807) is 11.3 Å². The third-order valence-electron chi connectivity index (χ3n) is 7.06. The first kappa shape index (κ1) is 19.6. The zero-order valence-electron chi connectivity index (χ0n) is 19.0. The Morgan fingerprint density at radius 1 is 0.559 bits per heavy atom. The molecule has 2 heterocycles. The quantitative estimate of drug-likeness (QED) is 0.257. The first-order chi connectivity index (χ1) is 16.6. The van der Waals surface area contributed by atoms with Crippen molar-refractivity contribution in [2.75, 3.05) is 0 Å². The van der Waals surface area contributed by atoms with E-state index < -0.39 is 0 Å². The van der Waals surface area contributed by atoms with Crippen LogP contribution in [-0.4, -0.2) is 0 Å². The molecule has 34 heavy (non-hydrogen) atoms. The maximum atomic E-state index is 6.46. The summed E-state index contributed by atoms with van der Waals surface area (Å²) in [6, 6.07) is 32.0. The van der Waals surface area contributed by atoms with Crippen LogP contribution in [0.15, 0.2) is 96.4 Å². The Kier molecular flexibility index (Phi) is 4.09. The minimum Gasteiger partial charge on any atom is -0.450 e. The second kappa shape index (κ2) is 7.09. The summed E-state index contributed by atoms with van der Waals surface area (Å²) >= 11 is 1.75. The lowest BCUT2D eigenvalue weighted by Gasteiger charge is -2.25. The molecule has 2 nitrogen and oxygen atoms in total. The summed E-state index contributed by atoms with van der Waals surface area (Å²) in [6.07, 6.45) is 0. The number of hydrogen-bond donors (Lipinski definition) is 0. The molecule has 0 amide bonds. The molecule has 5 aromatic rings. The summed E-state index contributed by atoms with van der Waals surface area (Å²) in [7, 11) is 0. The molecule has 0 unspecified atom stereocenters. The van der Waals surface area contributed by atoms with Crippen molar-refractivity contribution in [2.45, 2.75) is 19.3 Å². The van der Waals surface area contributed by atoms with Crippen molar-refractivity contribution >= 4 is 11.3 Å². The number of hydrogen-bond acceptors (Lipinski definition) is 3. The molecule has 0 atom stereocenters. The summed E-state index contributed by atoms with van der Waals surface area (Å²) in [5.74, 6) is 3.04. The molecule has 1 aromatic heterocycles. The molecule has 0 fully saturated rings. The Hall–Kier alpha value is -3.82. The molecule has 2 aliphatic rings. The van der Waals surface area contributed by atoms with Gasteiger partial charge >= 0.3 is 0 Å². The highest BCUT2D eigenvalue weighted by Crippen LogP contribution is 2.55. The lowest BCUT2D eigenvalue weighted by molar-refractivity contribution is 0.359. The van der Waals surface area contributed by atoms with Gasteiger partial charge < -0.3 is 9.47 Å². The van der Waals surface area contributed by atoms with Gasteiger partial charge in [-0.1, -0.05) is 74.5 Å². The predicted molar refractivity (Wildman–Crippen MR) is 139 cm³/mol. The summed E-state index contributed by atoms with van der Waals surface area (Å²) in [5, 5.41) is 2.12.